The van der Waals surface area contributed by atoms with Crippen molar-refractivity contribution in [1.29, 1.82) is 0 Å². The number of aromatic nitrogens is 2. The van der Waals surface area contributed by atoms with E-state index in [-0.39, 0.29) is 5.91 Å². The highest BCUT2D eigenvalue weighted by atomic mass is 16.2. The first kappa shape index (κ1) is 16.5. The van der Waals surface area contributed by atoms with Gasteiger partial charge in [-0.1, -0.05) is 0 Å². The van der Waals surface area contributed by atoms with Crippen LogP contribution in [0.15, 0.2) is 18.2 Å². The van der Waals surface area contributed by atoms with E-state index < -0.39 is 0 Å². The predicted molar refractivity (Wildman–Crippen MR) is 98.7 cm³/mol. The van der Waals surface area contributed by atoms with Crippen molar-refractivity contribution in [2.24, 2.45) is 0 Å². The summed E-state index contributed by atoms with van der Waals surface area (Å²) in [4.78, 5) is 26.9. The fraction of sp³-hybridized carbons (Fsp3) is 0.550. The molecule has 3 heterocycles. The summed E-state index contributed by atoms with van der Waals surface area (Å²) >= 11 is 0. The molecule has 0 bridgehead atoms. The van der Waals surface area contributed by atoms with E-state index >= 15 is 0 Å². The van der Waals surface area contributed by atoms with Gasteiger partial charge in [0.05, 0.1) is 22.4 Å². The molecule has 0 aliphatic carbocycles. The van der Waals surface area contributed by atoms with Gasteiger partial charge in [0.1, 0.15) is 0 Å². The molecule has 2 aliphatic heterocycles. The molecule has 5 heteroatoms. The van der Waals surface area contributed by atoms with E-state index in [1.165, 1.54) is 12.8 Å². The smallest absolute Gasteiger partial charge is 0.254 e. The molecule has 2 saturated heterocycles. The van der Waals surface area contributed by atoms with Crippen molar-refractivity contribution in [2.45, 2.75) is 51.6 Å². The Bertz CT molecular complexity index is 819. The van der Waals surface area contributed by atoms with Crippen LogP contribution in [0.25, 0.3) is 11.0 Å². The van der Waals surface area contributed by atoms with E-state index in [1.807, 2.05) is 32.0 Å². The molecule has 0 spiro atoms. The molecule has 132 valence electrons. The monoisotopic (exact) mass is 338 g/mol. The maximum Gasteiger partial charge on any atom is 0.254 e. The van der Waals surface area contributed by atoms with Crippen LogP contribution in [0.1, 0.15) is 47.4 Å². The summed E-state index contributed by atoms with van der Waals surface area (Å²) in [6, 6.07) is 6.60. The van der Waals surface area contributed by atoms with Crippen LogP contribution in [0.2, 0.25) is 0 Å². The average Bonchev–Trinajstić information content (AvgIpc) is 3.23. The zero-order valence-electron chi connectivity index (χ0n) is 15.3. The number of likely N-dealkylation sites (tertiary alicyclic amines) is 2. The maximum atomic E-state index is 13.2. The Labute approximate surface area is 149 Å². The maximum absolute atomic E-state index is 13.2. The zero-order chi connectivity index (χ0) is 17.6. The fourth-order valence-electron chi connectivity index (χ4n) is 4.40. The normalized spacial score (nSPS) is 24.4. The van der Waals surface area contributed by atoms with Crippen molar-refractivity contribution in [3.63, 3.8) is 0 Å². The number of fused-ring (bicyclic) bond motifs is 1. The molecule has 0 saturated carbocycles. The standard InChI is InChI=1S/C20H26N4O/c1-13-14(2)22-17-12-15(8-9-16(17)21-13)20(25)24-11-5-7-19(24)18-6-4-10-23(18)3/h8-9,12,18-19H,4-7,10-11H2,1-3H3/t18-,19-/m1/s1. The summed E-state index contributed by atoms with van der Waals surface area (Å²) < 4.78 is 0. The van der Waals surface area contributed by atoms with Crippen molar-refractivity contribution in [1.82, 2.24) is 19.8 Å². The number of hydrogen-bond donors (Lipinski definition) is 0. The van der Waals surface area contributed by atoms with Gasteiger partial charge in [-0.25, -0.2) is 9.97 Å². The second-order valence-electron chi connectivity index (χ2n) is 7.50. The number of benzene rings is 1. The van der Waals surface area contributed by atoms with Gasteiger partial charge in [-0.2, -0.15) is 0 Å². The molecule has 2 atom stereocenters. The lowest BCUT2D eigenvalue weighted by Gasteiger charge is -2.33. The molecule has 1 amide bonds. The zero-order valence-corrected chi connectivity index (χ0v) is 15.3. The molecule has 1 aromatic heterocycles. The third-order valence-electron chi connectivity index (χ3n) is 5.90. The predicted octanol–water partition coefficient (Wildman–Crippen LogP) is 2.95. The molecule has 2 aliphatic rings. The van der Waals surface area contributed by atoms with E-state index in [1.54, 1.807) is 0 Å². The number of rotatable bonds is 2. The van der Waals surface area contributed by atoms with Crippen LogP contribution in [0.4, 0.5) is 0 Å². The second kappa shape index (κ2) is 6.37. The Hall–Kier alpha value is -2.01. The molecule has 1 aromatic carbocycles. The summed E-state index contributed by atoms with van der Waals surface area (Å²) in [5.41, 5.74) is 4.26. The average molecular weight is 338 g/mol. The number of carbonyl (C=O) groups excluding carboxylic acids is 1. The molecule has 2 aromatic rings. The highest BCUT2D eigenvalue weighted by molar-refractivity contribution is 5.97. The highest BCUT2D eigenvalue weighted by Crippen LogP contribution is 2.30. The van der Waals surface area contributed by atoms with Crippen LogP contribution in [-0.2, 0) is 0 Å². The number of hydrogen-bond acceptors (Lipinski definition) is 4. The van der Waals surface area contributed by atoms with Crippen LogP contribution < -0.4 is 0 Å². The third-order valence-corrected chi connectivity index (χ3v) is 5.90. The Kier molecular flexibility index (Phi) is 4.20. The first-order valence-corrected chi connectivity index (χ1v) is 9.31. The van der Waals surface area contributed by atoms with Crippen molar-refractivity contribution in [3.8, 4) is 0 Å². The molecule has 0 unspecified atom stereocenters. The van der Waals surface area contributed by atoms with Crippen molar-refractivity contribution < 1.29 is 4.79 Å². The topological polar surface area (TPSA) is 49.3 Å². The minimum Gasteiger partial charge on any atom is -0.334 e. The van der Waals surface area contributed by atoms with Crippen LogP contribution in [0, 0.1) is 13.8 Å². The number of nitrogens with zero attached hydrogens (tertiary/aromatic N) is 4. The molecule has 2 fully saturated rings. The lowest BCUT2D eigenvalue weighted by atomic mass is 10.0. The fourth-order valence-corrected chi connectivity index (χ4v) is 4.40. The van der Waals surface area contributed by atoms with Gasteiger partial charge in [-0.15, -0.1) is 0 Å². The van der Waals surface area contributed by atoms with Crippen LogP contribution >= 0.6 is 0 Å². The highest BCUT2D eigenvalue weighted by Gasteiger charge is 2.38. The first-order valence-electron chi connectivity index (χ1n) is 9.31. The Balaban J connectivity index is 1.63. The first-order chi connectivity index (χ1) is 12.0. The van der Waals surface area contributed by atoms with E-state index in [0.29, 0.717) is 12.1 Å². The van der Waals surface area contributed by atoms with Gasteiger partial charge in [0.15, 0.2) is 0 Å². The van der Waals surface area contributed by atoms with Gasteiger partial charge >= 0.3 is 0 Å². The molecule has 0 radical (unpaired) electrons. The molecule has 4 rings (SSSR count). The van der Waals surface area contributed by atoms with Gasteiger partial charge in [-0.3, -0.25) is 4.79 Å². The molecule has 25 heavy (non-hydrogen) atoms. The summed E-state index contributed by atoms with van der Waals surface area (Å²) in [7, 11) is 2.19. The lowest BCUT2D eigenvalue weighted by molar-refractivity contribution is 0.0664. The summed E-state index contributed by atoms with van der Waals surface area (Å²) in [5, 5.41) is 0. The van der Waals surface area contributed by atoms with Gasteiger partial charge in [-0.05, 0) is 71.3 Å². The number of amides is 1. The summed E-state index contributed by atoms with van der Waals surface area (Å²) in [6.45, 7) is 5.94. The van der Waals surface area contributed by atoms with E-state index in [0.717, 1.165) is 53.9 Å². The lowest BCUT2D eigenvalue weighted by Crippen LogP contribution is -2.47. The SMILES string of the molecule is Cc1nc2ccc(C(=O)N3CCC[C@@H]3[C@H]3CCCN3C)cc2nc1C. The number of carbonyl (C=O) groups is 1. The van der Waals surface area contributed by atoms with E-state index in [9.17, 15) is 4.79 Å². The van der Waals surface area contributed by atoms with Crippen molar-refractivity contribution in [2.75, 3.05) is 20.1 Å². The number of aryl methyl sites for hydroxylation is 2. The van der Waals surface area contributed by atoms with E-state index in [4.69, 9.17) is 0 Å². The van der Waals surface area contributed by atoms with Gasteiger partial charge in [0.25, 0.3) is 5.91 Å². The molecular formula is C20H26N4O. The van der Waals surface area contributed by atoms with E-state index in [2.05, 4.69) is 26.8 Å². The van der Waals surface area contributed by atoms with Crippen LogP contribution in [0.3, 0.4) is 0 Å². The minimum atomic E-state index is 0.143. The van der Waals surface area contributed by atoms with Crippen LogP contribution in [0.5, 0.6) is 0 Å². The molecule has 5 nitrogen and oxygen atoms in total. The Morgan fingerprint density at radius 1 is 1.00 bits per heavy atom. The second-order valence-corrected chi connectivity index (χ2v) is 7.50. The van der Waals surface area contributed by atoms with Gasteiger partial charge in [0.2, 0.25) is 0 Å². The van der Waals surface area contributed by atoms with Crippen molar-refractivity contribution in [3.05, 3.63) is 35.2 Å². The Morgan fingerprint density at radius 3 is 2.40 bits per heavy atom. The van der Waals surface area contributed by atoms with Crippen molar-refractivity contribution >= 4 is 16.9 Å². The number of likely N-dealkylation sites (N-methyl/N-ethyl adjacent to an activating group) is 1. The summed E-state index contributed by atoms with van der Waals surface area (Å²) in [6.07, 6.45) is 4.66. The largest absolute Gasteiger partial charge is 0.334 e. The summed E-state index contributed by atoms with van der Waals surface area (Å²) in [5.74, 6) is 0.143. The third kappa shape index (κ3) is 2.91. The quantitative estimate of drug-likeness (QED) is 0.845. The molecule has 0 N–H and O–H groups in total. The van der Waals surface area contributed by atoms with Gasteiger partial charge in [0, 0.05) is 24.2 Å². The molecular weight excluding hydrogens is 312 g/mol. The van der Waals surface area contributed by atoms with Gasteiger partial charge < -0.3 is 9.80 Å². The Morgan fingerprint density at radius 2 is 1.68 bits per heavy atom. The minimum absolute atomic E-state index is 0.143. The van der Waals surface area contributed by atoms with Crippen LogP contribution in [-0.4, -0.2) is 57.9 Å².